The zero-order valence-electron chi connectivity index (χ0n) is 4.26. The Morgan fingerprint density at radius 3 is 2.57 bits per heavy atom. The lowest BCUT2D eigenvalue weighted by Gasteiger charge is -2.00. The molecule has 0 aliphatic heterocycles. The molecule has 7 heavy (non-hydrogen) atoms. The molecule has 0 radical (unpaired) electrons. The Labute approximate surface area is 42.4 Å². The number of hydrogen-bond donors (Lipinski definition) is 1. The molecule has 2 N–H and O–H groups in total. The predicted molar refractivity (Wildman–Crippen MR) is 25.9 cm³/mol. The van der Waals surface area contributed by atoms with Gasteiger partial charge in [0.05, 0.1) is 0 Å². The van der Waals surface area contributed by atoms with E-state index in [0.717, 1.165) is 0 Å². The number of methoxy groups -OCH3 is 1. The van der Waals surface area contributed by atoms with Crippen molar-refractivity contribution < 1.29 is 9.53 Å². The van der Waals surface area contributed by atoms with Gasteiger partial charge in [-0.3, -0.25) is 0 Å². The van der Waals surface area contributed by atoms with Crippen molar-refractivity contribution in [3.63, 3.8) is 0 Å². The molecule has 42 valence electrons. The van der Waals surface area contributed by atoms with Crippen molar-refractivity contribution in [1.82, 2.24) is 0 Å². The minimum Gasteiger partial charge on any atom is -0.373 e. The summed E-state index contributed by atoms with van der Waals surface area (Å²) in [5, 5.41) is 0. The summed E-state index contributed by atoms with van der Waals surface area (Å²) in [4.78, 5) is 9.76. The van der Waals surface area contributed by atoms with Crippen LogP contribution in [0, 0.1) is 0 Å². The van der Waals surface area contributed by atoms with E-state index >= 15 is 0 Å². The lowest BCUT2D eigenvalue weighted by atomic mass is 10.4. The van der Waals surface area contributed by atoms with Crippen molar-refractivity contribution in [2.45, 2.75) is 6.10 Å². The van der Waals surface area contributed by atoms with E-state index in [4.69, 9.17) is 5.73 Å². The van der Waals surface area contributed by atoms with Crippen LogP contribution in [0.3, 0.4) is 0 Å². The molecule has 3 heteroatoms. The van der Waals surface area contributed by atoms with Gasteiger partial charge in [0, 0.05) is 13.7 Å². The van der Waals surface area contributed by atoms with Crippen LogP contribution in [0.1, 0.15) is 0 Å². The van der Waals surface area contributed by atoms with Gasteiger partial charge in [0.15, 0.2) is 0 Å². The van der Waals surface area contributed by atoms with Crippen molar-refractivity contribution in [3.05, 3.63) is 0 Å². The second-order valence-electron chi connectivity index (χ2n) is 1.15. The normalized spacial score (nSPS) is 13.4. The maximum absolute atomic E-state index is 9.76. The first-order chi connectivity index (χ1) is 3.35. The largest absolute Gasteiger partial charge is 0.373 e. The summed E-state index contributed by atoms with van der Waals surface area (Å²) >= 11 is 0. The topological polar surface area (TPSA) is 52.3 Å². The molecule has 0 rings (SSSR count). The second kappa shape index (κ2) is 3.77. The molecule has 0 aliphatic rings. The summed E-state index contributed by atoms with van der Waals surface area (Å²) in [5.41, 5.74) is 5.04. The predicted octanol–water partition coefficient (Wildman–Crippen LogP) is -0.841. The Balaban J connectivity index is 3.16. The highest BCUT2D eigenvalue weighted by Gasteiger charge is 1.97. The lowest BCUT2D eigenvalue weighted by Crippen LogP contribution is -2.23. The molecule has 0 fully saturated rings. The maximum Gasteiger partial charge on any atom is 0.150 e. The second-order valence-corrected chi connectivity index (χ2v) is 1.15. The van der Waals surface area contributed by atoms with Crippen LogP contribution in [-0.2, 0) is 9.53 Å². The first kappa shape index (κ1) is 6.59. The van der Waals surface area contributed by atoms with Gasteiger partial charge in [0.25, 0.3) is 0 Å². The average molecular weight is 103 g/mol. The van der Waals surface area contributed by atoms with Crippen LogP contribution in [-0.4, -0.2) is 26.0 Å². The maximum atomic E-state index is 9.76. The number of carbonyl (C=O) groups is 1. The van der Waals surface area contributed by atoms with E-state index in [1.54, 1.807) is 0 Å². The first-order valence-electron chi connectivity index (χ1n) is 2.03. The number of aldehydes is 1. The summed E-state index contributed by atoms with van der Waals surface area (Å²) in [6.45, 7) is 0.264. The number of rotatable bonds is 3. The van der Waals surface area contributed by atoms with Gasteiger partial charge < -0.3 is 15.3 Å². The molecule has 0 unspecified atom stereocenters. The van der Waals surface area contributed by atoms with Gasteiger partial charge >= 0.3 is 0 Å². The summed E-state index contributed by atoms with van der Waals surface area (Å²) in [7, 11) is 1.45. The molecule has 3 nitrogen and oxygen atoms in total. The monoisotopic (exact) mass is 103 g/mol. The van der Waals surface area contributed by atoms with Crippen molar-refractivity contribution in [2.75, 3.05) is 13.7 Å². The highest BCUT2D eigenvalue weighted by molar-refractivity contribution is 5.56. The molecule has 1 atom stereocenters. The molecule has 0 amide bonds. The Morgan fingerprint density at radius 1 is 2.00 bits per heavy atom. The molecule has 0 aliphatic carbocycles. The van der Waals surface area contributed by atoms with Crippen LogP contribution >= 0.6 is 0 Å². The summed E-state index contributed by atoms with van der Waals surface area (Å²) in [6, 6.07) is 0. The molecular formula is C4H9NO2. The first-order valence-corrected chi connectivity index (χ1v) is 2.03. The van der Waals surface area contributed by atoms with Crippen LogP contribution in [0.4, 0.5) is 0 Å². The van der Waals surface area contributed by atoms with E-state index in [0.29, 0.717) is 6.29 Å². The quantitative estimate of drug-likeness (QED) is 0.474. The summed E-state index contributed by atoms with van der Waals surface area (Å²) in [5.74, 6) is 0. The molecule has 0 aromatic heterocycles. The standard InChI is InChI=1S/C4H9NO2/c1-7-4(2-5)3-6/h3-4H,2,5H2,1H3/t4-/m0/s1. The highest BCUT2D eigenvalue weighted by Crippen LogP contribution is 1.75. The fourth-order valence-electron chi connectivity index (χ4n) is 0.207. The SMILES string of the molecule is CO[C@H](C=O)CN. The molecule has 0 spiro atoms. The minimum absolute atomic E-state index is 0.264. The van der Waals surface area contributed by atoms with E-state index in [-0.39, 0.29) is 6.54 Å². The Bertz CT molecular complexity index is 51.7. The van der Waals surface area contributed by atoms with E-state index in [1.807, 2.05) is 0 Å². The third kappa shape index (κ3) is 2.31. The molecule has 0 saturated heterocycles. The Kier molecular flexibility index (Phi) is 3.55. The highest BCUT2D eigenvalue weighted by atomic mass is 16.5. The smallest absolute Gasteiger partial charge is 0.150 e. The van der Waals surface area contributed by atoms with Gasteiger partial charge in [-0.05, 0) is 0 Å². The number of nitrogens with two attached hydrogens (primary N) is 1. The van der Waals surface area contributed by atoms with E-state index in [1.165, 1.54) is 7.11 Å². The Morgan fingerprint density at radius 2 is 2.57 bits per heavy atom. The van der Waals surface area contributed by atoms with Gasteiger partial charge in [-0.2, -0.15) is 0 Å². The van der Waals surface area contributed by atoms with E-state index in [2.05, 4.69) is 4.74 Å². The average Bonchev–Trinajstić information content (AvgIpc) is 1.72. The molecular weight excluding hydrogens is 94.0 g/mol. The number of carbonyl (C=O) groups excluding carboxylic acids is 1. The summed E-state index contributed by atoms with van der Waals surface area (Å²) < 4.78 is 4.56. The van der Waals surface area contributed by atoms with Crippen molar-refractivity contribution >= 4 is 6.29 Å². The molecule has 0 aromatic carbocycles. The van der Waals surface area contributed by atoms with Gasteiger partial charge in [-0.1, -0.05) is 0 Å². The van der Waals surface area contributed by atoms with E-state index in [9.17, 15) is 4.79 Å². The number of ether oxygens (including phenoxy) is 1. The van der Waals surface area contributed by atoms with Crippen LogP contribution in [0.2, 0.25) is 0 Å². The van der Waals surface area contributed by atoms with Crippen molar-refractivity contribution in [2.24, 2.45) is 5.73 Å². The van der Waals surface area contributed by atoms with Crippen LogP contribution in [0.15, 0.2) is 0 Å². The van der Waals surface area contributed by atoms with Gasteiger partial charge in [0.2, 0.25) is 0 Å². The molecule has 0 saturated carbocycles. The van der Waals surface area contributed by atoms with Gasteiger partial charge in [-0.15, -0.1) is 0 Å². The number of hydrogen-bond acceptors (Lipinski definition) is 3. The van der Waals surface area contributed by atoms with Crippen molar-refractivity contribution in [3.8, 4) is 0 Å². The molecule has 0 bridgehead atoms. The van der Waals surface area contributed by atoms with Gasteiger partial charge in [-0.25, -0.2) is 0 Å². The molecule has 0 heterocycles. The Hall–Kier alpha value is -0.410. The molecule has 0 aromatic rings. The fourth-order valence-corrected chi connectivity index (χ4v) is 0.207. The zero-order valence-corrected chi connectivity index (χ0v) is 4.26. The van der Waals surface area contributed by atoms with E-state index < -0.39 is 6.10 Å². The zero-order chi connectivity index (χ0) is 5.70. The minimum atomic E-state index is -0.417. The summed E-state index contributed by atoms with van der Waals surface area (Å²) in [6.07, 6.45) is 0.264. The van der Waals surface area contributed by atoms with Crippen molar-refractivity contribution in [1.29, 1.82) is 0 Å². The van der Waals surface area contributed by atoms with Gasteiger partial charge in [0.1, 0.15) is 12.4 Å². The van der Waals surface area contributed by atoms with Crippen LogP contribution in [0.5, 0.6) is 0 Å². The third-order valence-corrected chi connectivity index (χ3v) is 0.687. The third-order valence-electron chi connectivity index (χ3n) is 0.687. The fraction of sp³-hybridized carbons (Fsp3) is 0.750. The lowest BCUT2D eigenvalue weighted by molar-refractivity contribution is -0.115. The van der Waals surface area contributed by atoms with Crippen LogP contribution < -0.4 is 5.73 Å². The van der Waals surface area contributed by atoms with Crippen LogP contribution in [0.25, 0.3) is 0 Å².